The second-order valence-electron chi connectivity index (χ2n) is 9.28. The monoisotopic (exact) mass is 397 g/mol. The summed E-state index contributed by atoms with van der Waals surface area (Å²) in [5.41, 5.74) is 2.68. The molecular weight excluding hydrogens is 362 g/mol. The molecule has 5 heteroatoms. The van der Waals surface area contributed by atoms with Gasteiger partial charge in [0.2, 0.25) is 11.8 Å². The van der Waals surface area contributed by atoms with Gasteiger partial charge < -0.3 is 9.80 Å². The summed E-state index contributed by atoms with van der Waals surface area (Å²) in [6, 6.07) is 8.51. The molecule has 1 atom stereocenters. The third-order valence-electron chi connectivity index (χ3n) is 7.05. The van der Waals surface area contributed by atoms with Crippen LogP contribution in [0.25, 0.3) is 0 Å². The maximum absolute atomic E-state index is 13.7. The first kappa shape index (κ1) is 20.4. The second kappa shape index (κ2) is 8.86. The van der Waals surface area contributed by atoms with Crippen molar-refractivity contribution in [3.63, 3.8) is 0 Å². The Kier molecular flexibility index (Phi) is 6.23. The Balaban J connectivity index is 1.47. The fourth-order valence-electron chi connectivity index (χ4n) is 5.39. The van der Waals surface area contributed by atoms with Crippen LogP contribution >= 0.6 is 0 Å². The Morgan fingerprint density at radius 1 is 0.862 bits per heavy atom. The largest absolute Gasteiger partial charge is 0.340 e. The molecule has 2 fully saturated rings. The zero-order chi connectivity index (χ0) is 20.4. The van der Waals surface area contributed by atoms with Crippen molar-refractivity contribution in [2.75, 3.05) is 32.7 Å². The van der Waals surface area contributed by atoms with Crippen molar-refractivity contribution in [3.8, 4) is 0 Å². The third kappa shape index (κ3) is 4.35. The maximum Gasteiger partial charge on any atom is 0.240 e. The summed E-state index contributed by atoms with van der Waals surface area (Å²) in [6.07, 6.45) is 5.75. The zero-order valence-corrected chi connectivity index (χ0v) is 18.0. The van der Waals surface area contributed by atoms with Crippen LogP contribution in [0.4, 0.5) is 0 Å². The van der Waals surface area contributed by atoms with Crippen molar-refractivity contribution in [2.24, 2.45) is 11.8 Å². The fourth-order valence-corrected chi connectivity index (χ4v) is 5.39. The van der Waals surface area contributed by atoms with E-state index in [-0.39, 0.29) is 17.9 Å². The zero-order valence-electron chi connectivity index (χ0n) is 18.0. The molecule has 2 aliphatic heterocycles. The molecule has 2 amide bonds. The van der Waals surface area contributed by atoms with Crippen molar-refractivity contribution in [1.82, 2.24) is 14.7 Å². The molecule has 0 bridgehead atoms. The fraction of sp³-hybridized carbons (Fsp3) is 0.667. The van der Waals surface area contributed by atoms with E-state index >= 15 is 0 Å². The topological polar surface area (TPSA) is 43.9 Å². The Labute approximate surface area is 175 Å². The number of benzene rings is 1. The average Bonchev–Trinajstić information content (AvgIpc) is 3.27. The van der Waals surface area contributed by atoms with Gasteiger partial charge in [-0.25, -0.2) is 0 Å². The van der Waals surface area contributed by atoms with Crippen LogP contribution in [0.1, 0.15) is 50.7 Å². The van der Waals surface area contributed by atoms with E-state index in [4.69, 9.17) is 0 Å². The van der Waals surface area contributed by atoms with Crippen molar-refractivity contribution in [2.45, 2.75) is 58.5 Å². The van der Waals surface area contributed by atoms with Crippen LogP contribution < -0.4 is 0 Å². The van der Waals surface area contributed by atoms with Gasteiger partial charge in [0.05, 0.1) is 6.04 Å². The summed E-state index contributed by atoms with van der Waals surface area (Å²) in [5, 5.41) is 0. The molecule has 1 aromatic carbocycles. The smallest absolute Gasteiger partial charge is 0.240 e. The molecule has 0 radical (unpaired) electrons. The number of rotatable bonds is 4. The van der Waals surface area contributed by atoms with Crippen LogP contribution in [-0.4, -0.2) is 65.3 Å². The Hall–Kier alpha value is -1.88. The lowest BCUT2D eigenvalue weighted by atomic mass is 9.92. The van der Waals surface area contributed by atoms with Gasteiger partial charge >= 0.3 is 0 Å². The lowest BCUT2D eigenvalue weighted by Crippen LogP contribution is -2.59. The van der Waals surface area contributed by atoms with Crippen molar-refractivity contribution in [1.29, 1.82) is 0 Å². The lowest BCUT2D eigenvalue weighted by Gasteiger charge is -2.43. The van der Waals surface area contributed by atoms with Gasteiger partial charge in [0.15, 0.2) is 0 Å². The van der Waals surface area contributed by atoms with Gasteiger partial charge in [-0.2, -0.15) is 0 Å². The summed E-state index contributed by atoms with van der Waals surface area (Å²) in [5.74, 6) is 1.06. The molecule has 1 aromatic rings. The number of amides is 2. The van der Waals surface area contributed by atoms with E-state index in [2.05, 4.69) is 34.1 Å². The van der Waals surface area contributed by atoms with Crippen LogP contribution in [0.5, 0.6) is 0 Å². The van der Waals surface area contributed by atoms with E-state index in [0.717, 1.165) is 58.5 Å². The van der Waals surface area contributed by atoms with Crippen LogP contribution in [0.2, 0.25) is 0 Å². The number of hydrogen-bond donors (Lipinski definition) is 0. The van der Waals surface area contributed by atoms with E-state index < -0.39 is 0 Å². The molecule has 2 heterocycles. The molecule has 4 rings (SSSR count). The first-order valence-corrected chi connectivity index (χ1v) is 11.4. The van der Waals surface area contributed by atoms with Gasteiger partial charge in [-0.3, -0.25) is 14.5 Å². The summed E-state index contributed by atoms with van der Waals surface area (Å²) in [7, 11) is 0. The van der Waals surface area contributed by atoms with Crippen LogP contribution in [0.15, 0.2) is 24.3 Å². The first-order chi connectivity index (χ1) is 14.0. The minimum absolute atomic E-state index is 0.0148. The highest BCUT2D eigenvalue weighted by molar-refractivity contribution is 5.83. The summed E-state index contributed by atoms with van der Waals surface area (Å²) in [4.78, 5) is 32.5. The number of carbonyl (C=O) groups excluding carboxylic acids is 2. The van der Waals surface area contributed by atoms with Crippen molar-refractivity contribution < 1.29 is 9.59 Å². The average molecular weight is 398 g/mol. The molecule has 1 aliphatic carbocycles. The predicted octanol–water partition coefficient (Wildman–Crippen LogP) is 2.93. The van der Waals surface area contributed by atoms with Gasteiger partial charge in [-0.05, 0) is 36.3 Å². The van der Waals surface area contributed by atoms with Gasteiger partial charge in [0, 0.05) is 45.2 Å². The standard InChI is InChI=1S/C24H35N3O2/c1-18(2)23(28)26-15-13-25(14-16-26)22(20-8-4-5-9-20)24(29)27-12-11-19-7-3-6-10-21(19)17-27/h3,6-7,10,18,20,22H,4-5,8-9,11-17H2,1-2H3. The molecule has 158 valence electrons. The molecule has 5 nitrogen and oxygen atoms in total. The number of hydrogen-bond acceptors (Lipinski definition) is 3. The molecule has 0 aromatic heterocycles. The maximum atomic E-state index is 13.7. The van der Waals surface area contributed by atoms with E-state index in [1.807, 2.05) is 18.7 Å². The van der Waals surface area contributed by atoms with E-state index in [1.54, 1.807) is 0 Å². The quantitative estimate of drug-likeness (QED) is 0.785. The molecule has 3 aliphatic rings. The Morgan fingerprint density at radius 2 is 1.52 bits per heavy atom. The molecule has 29 heavy (non-hydrogen) atoms. The van der Waals surface area contributed by atoms with Crippen LogP contribution in [-0.2, 0) is 22.6 Å². The van der Waals surface area contributed by atoms with Crippen molar-refractivity contribution in [3.05, 3.63) is 35.4 Å². The highest BCUT2D eigenvalue weighted by Crippen LogP contribution is 2.33. The molecule has 0 spiro atoms. The van der Waals surface area contributed by atoms with Gasteiger partial charge in [-0.1, -0.05) is 51.0 Å². The number of nitrogens with zero attached hydrogens (tertiary/aromatic N) is 3. The summed E-state index contributed by atoms with van der Waals surface area (Å²) in [6.45, 7) is 8.62. The SMILES string of the molecule is CC(C)C(=O)N1CCN(C(C(=O)N2CCc3ccccc3C2)C2CCCC2)CC1. The number of carbonyl (C=O) groups is 2. The highest BCUT2D eigenvalue weighted by atomic mass is 16.2. The minimum Gasteiger partial charge on any atom is -0.340 e. The molecular formula is C24H35N3O2. The molecule has 0 N–H and O–H groups in total. The minimum atomic E-state index is -0.0148. The highest BCUT2D eigenvalue weighted by Gasteiger charge is 2.40. The molecule has 1 unspecified atom stereocenters. The van der Waals surface area contributed by atoms with E-state index in [1.165, 1.54) is 24.0 Å². The van der Waals surface area contributed by atoms with Crippen LogP contribution in [0.3, 0.4) is 0 Å². The Morgan fingerprint density at radius 3 is 2.17 bits per heavy atom. The summed E-state index contributed by atoms with van der Waals surface area (Å²) >= 11 is 0. The second-order valence-corrected chi connectivity index (χ2v) is 9.28. The lowest BCUT2D eigenvalue weighted by molar-refractivity contribution is -0.143. The third-order valence-corrected chi connectivity index (χ3v) is 7.05. The normalized spacial score (nSPS) is 22.0. The first-order valence-electron chi connectivity index (χ1n) is 11.4. The predicted molar refractivity (Wildman–Crippen MR) is 114 cm³/mol. The van der Waals surface area contributed by atoms with Gasteiger partial charge in [-0.15, -0.1) is 0 Å². The van der Waals surface area contributed by atoms with E-state index in [0.29, 0.717) is 11.8 Å². The Bertz CT molecular complexity index is 733. The van der Waals surface area contributed by atoms with Gasteiger partial charge in [0.1, 0.15) is 0 Å². The van der Waals surface area contributed by atoms with Crippen molar-refractivity contribution >= 4 is 11.8 Å². The molecule has 1 saturated heterocycles. The van der Waals surface area contributed by atoms with Gasteiger partial charge in [0.25, 0.3) is 0 Å². The number of piperazine rings is 1. The van der Waals surface area contributed by atoms with E-state index in [9.17, 15) is 9.59 Å². The summed E-state index contributed by atoms with van der Waals surface area (Å²) < 4.78 is 0. The van der Waals surface area contributed by atoms with Crippen LogP contribution in [0, 0.1) is 11.8 Å². The molecule has 1 saturated carbocycles. The number of fused-ring (bicyclic) bond motifs is 1.